The van der Waals surface area contributed by atoms with Crippen molar-refractivity contribution >= 4 is 15.7 Å². The Balaban J connectivity index is 1.96. The van der Waals surface area contributed by atoms with E-state index in [4.69, 9.17) is 10.2 Å². The van der Waals surface area contributed by atoms with Crippen molar-refractivity contribution in [2.75, 3.05) is 11.9 Å². The third-order valence-electron chi connectivity index (χ3n) is 2.57. The highest BCUT2D eigenvalue weighted by Gasteiger charge is 2.06. The molecule has 1 aromatic heterocycles. The SMILES string of the molecule is NS(=O)(=O)c1ccc(NCc2cn(CCO)nn2)cc1. The summed E-state index contributed by atoms with van der Waals surface area (Å²) in [4.78, 5) is 0.0666. The second kappa shape index (κ2) is 5.99. The number of sulfonamides is 1. The topological polar surface area (TPSA) is 123 Å². The van der Waals surface area contributed by atoms with E-state index in [9.17, 15) is 8.42 Å². The first-order valence-electron chi connectivity index (χ1n) is 5.85. The predicted molar refractivity (Wildman–Crippen MR) is 72.2 cm³/mol. The fourth-order valence-corrected chi connectivity index (χ4v) is 2.10. The lowest BCUT2D eigenvalue weighted by Gasteiger charge is -2.04. The molecule has 0 fully saturated rings. The molecule has 0 saturated carbocycles. The van der Waals surface area contributed by atoms with Gasteiger partial charge in [-0.05, 0) is 24.3 Å². The Morgan fingerprint density at radius 1 is 1.30 bits per heavy atom. The number of aliphatic hydroxyl groups is 1. The van der Waals surface area contributed by atoms with Crippen LogP contribution in [0.15, 0.2) is 35.4 Å². The van der Waals surface area contributed by atoms with Crippen LogP contribution in [0.25, 0.3) is 0 Å². The van der Waals surface area contributed by atoms with Crippen molar-refractivity contribution in [3.8, 4) is 0 Å². The van der Waals surface area contributed by atoms with Crippen molar-refractivity contribution in [2.24, 2.45) is 5.14 Å². The fourth-order valence-electron chi connectivity index (χ4n) is 1.59. The molecule has 0 aliphatic carbocycles. The van der Waals surface area contributed by atoms with E-state index < -0.39 is 10.0 Å². The van der Waals surface area contributed by atoms with E-state index in [-0.39, 0.29) is 11.5 Å². The largest absolute Gasteiger partial charge is 0.394 e. The molecule has 0 bridgehead atoms. The molecular weight excluding hydrogens is 282 g/mol. The monoisotopic (exact) mass is 297 g/mol. The summed E-state index contributed by atoms with van der Waals surface area (Å²) in [6.07, 6.45) is 1.72. The Hall–Kier alpha value is -1.97. The van der Waals surface area contributed by atoms with Gasteiger partial charge in [0.25, 0.3) is 0 Å². The van der Waals surface area contributed by atoms with Crippen molar-refractivity contribution in [1.29, 1.82) is 0 Å². The summed E-state index contributed by atoms with van der Waals surface area (Å²) in [5, 5.41) is 24.6. The average molecular weight is 297 g/mol. The first-order valence-corrected chi connectivity index (χ1v) is 7.40. The molecule has 4 N–H and O–H groups in total. The van der Waals surface area contributed by atoms with E-state index in [0.717, 1.165) is 5.69 Å². The second-order valence-corrected chi connectivity index (χ2v) is 5.68. The summed E-state index contributed by atoms with van der Waals surface area (Å²) in [6.45, 7) is 0.849. The van der Waals surface area contributed by atoms with Crippen LogP contribution in [0, 0.1) is 0 Å². The van der Waals surface area contributed by atoms with Gasteiger partial charge in [-0.1, -0.05) is 5.21 Å². The Morgan fingerprint density at radius 3 is 2.60 bits per heavy atom. The van der Waals surface area contributed by atoms with Crippen molar-refractivity contribution in [3.05, 3.63) is 36.2 Å². The Morgan fingerprint density at radius 2 is 2.00 bits per heavy atom. The van der Waals surface area contributed by atoms with Crippen LogP contribution in [0.1, 0.15) is 5.69 Å². The summed E-state index contributed by atoms with van der Waals surface area (Å²) >= 11 is 0. The molecule has 1 heterocycles. The number of anilines is 1. The van der Waals surface area contributed by atoms with Gasteiger partial charge < -0.3 is 10.4 Å². The molecule has 2 aromatic rings. The first-order chi connectivity index (χ1) is 9.49. The zero-order chi connectivity index (χ0) is 14.6. The van der Waals surface area contributed by atoms with Crippen LogP contribution in [0.4, 0.5) is 5.69 Å². The van der Waals surface area contributed by atoms with E-state index in [1.165, 1.54) is 12.1 Å². The summed E-state index contributed by atoms with van der Waals surface area (Å²) in [6, 6.07) is 6.11. The van der Waals surface area contributed by atoms with Gasteiger partial charge in [0.1, 0.15) is 5.69 Å². The predicted octanol–water partition coefficient (Wildman–Crippen LogP) is -0.470. The number of rotatable bonds is 6. The van der Waals surface area contributed by atoms with Crippen LogP contribution >= 0.6 is 0 Å². The number of nitrogens with one attached hydrogen (secondary N) is 1. The number of aromatic nitrogens is 3. The molecule has 108 valence electrons. The van der Waals surface area contributed by atoms with Crippen molar-refractivity contribution in [2.45, 2.75) is 18.0 Å². The minimum atomic E-state index is -3.67. The maximum atomic E-state index is 11.1. The van der Waals surface area contributed by atoms with E-state index in [1.54, 1.807) is 23.0 Å². The number of hydrogen-bond donors (Lipinski definition) is 3. The average Bonchev–Trinajstić information content (AvgIpc) is 2.84. The highest BCUT2D eigenvalue weighted by Crippen LogP contribution is 2.13. The standard InChI is InChI=1S/C11H15N5O3S/c12-20(18,19)11-3-1-9(2-4-11)13-7-10-8-16(5-6-17)15-14-10/h1-4,8,13,17H,5-7H2,(H2,12,18,19). The van der Waals surface area contributed by atoms with Crippen LogP contribution in [0.2, 0.25) is 0 Å². The molecule has 0 aliphatic heterocycles. The zero-order valence-corrected chi connectivity index (χ0v) is 11.4. The van der Waals surface area contributed by atoms with Crippen LogP contribution in [-0.2, 0) is 23.1 Å². The number of nitrogens with zero attached hydrogens (tertiary/aromatic N) is 3. The van der Waals surface area contributed by atoms with E-state index in [1.807, 2.05) is 0 Å². The molecule has 8 nitrogen and oxygen atoms in total. The molecule has 0 spiro atoms. The maximum absolute atomic E-state index is 11.1. The lowest BCUT2D eigenvalue weighted by molar-refractivity contribution is 0.268. The third-order valence-corrected chi connectivity index (χ3v) is 3.50. The van der Waals surface area contributed by atoms with Gasteiger partial charge in [-0.15, -0.1) is 5.10 Å². The quantitative estimate of drug-likeness (QED) is 0.662. The fraction of sp³-hybridized carbons (Fsp3) is 0.273. The van der Waals surface area contributed by atoms with Gasteiger partial charge in [-0.3, -0.25) is 0 Å². The molecule has 0 amide bonds. The van der Waals surface area contributed by atoms with E-state index in [0.29, 0.717) is 18.8 Å². The highest BCUT2D eigenvalue weighted by molar-refractivity contribution is 7.89. The Kier molecular flexibility index (Phi) is 4.32. The second-order valence-electron chi connectivity index (χ2n) is 4.12. The van der Waals surface area contributed by atoms with Gasteiger partial charge in [0.2, 0.25) is 10.0 Å². The lowest BCUT2D eigenvalue weighted by atomic mass is 10.3. The van der Waals surface area contributed by atoms with Gasteiger partial charge in [-0.2, -0.15) is 0 Å². The third kappa shape index (κ3) is 3.76. The molecule has 0 radical (unpaired) electrons. The van der Waals surface area contributed by atoms with Crippen molar-refractivity contribution < 1.29 is 13.5 Å². The zero-order valence-electron chi connectivity index (χ0n) is 10.6. The summed E-state index contributed by atoms with van der Waals surface area (Å²) < 4.78 is 23.8. The van der Waals surface area contributed by atoms with Crippen molar-refractivity contribution in [3.63, 3.8) is 0 Å². The molecule has 0 saturated heterocycles. The molecule has 9 heteroatoms. The summed E-state index contributed by atoms with van der Waals surface area (Å²) in [7, 11) is -3.67. The Bertz CT molecular complexity index is 666. The van der Waals surface area contributed by atoms with Gasteiger partial charge in [0.15, 0.2) is 0 Å². The molecule has 0 atom stereocenters. The van der Waals surface area contributed by atoms with Crippen LogP contribution in [0.3, 0.4) is 0 Å². The van der Waals surface area contributed by atoms with Crippen LogP contribution < -0.4 is 10.5 Å². The smallest absolute Gasteiger partial charge is 0.238 e. The number of aliphatic hydroxyl groups excluding tert-OH is 1. The van der Waals surface area contributed by atoms with Crippen molar-refractivity contribution in [1.82, 2.24) is 15.0 Å². The highest BCUT2D eigenvalue weighted by atomic mass is 32.2. The summed E-state index contributed by atoms with van der Waals surface area (Å²) in [5.41, 5.74) is 1.46. The van der Waals surface area contributed by atoms with Gasteiger partial charge >= 0.3 is 0 Å². The minimum absolute atomic E-state index is 0.00521. The van der Waals surface area contributed by atoms with Gasteiger partial charge in [0.05, 0.1) is 30.8 Å². The molecule has 0 aliphatic rings. The normalized spacial score (nSPS) is 11.5. The minimum Gasteiger partial charge on any atom is -0.394 e. The molecule has 1 aromatic carbocycles. The lowest BCUT2D eigenvalue weighted by Crippen LogP contribution is -2.12. The van der Waals surface area contributed by atoms with E-state index >= 15 is 0 Å². The number of benzene rings is 1. The van der Waals surface area contributed by atoms with Gasteiger partial charge in [0, 0.05) is 5.69 Å². The number of primary sulfonamides is 1. The van der Waals surface area contributed by atoms with Gasteiger partial charge in [-0.25, -0.2) is 18.2 Å². The van der Waals surface area contributed by atoms with Crippen LogP contribution in [-0.4, -0.2) is 35.1 Å². The maximum Gasteiger partial charge on any atom is 0.238 e. The van der Waals surface area contributed by atoms with E-state index in [2.05, 4.69) is 15.6 Å². The van der Waals surface area contributed by atoms with Crippen LogP contribution in [0.5, 0.6) is 0 Å². The molecule has 0 unspecified atom stereocenters. The number of hydrogen-bond acceptors (Lipinski definition) is 6. The Labute approximate surface area is 116 Å². The number of nitrogens with two attached hydrogens (primary N) is 1. The summed E-state index contributed by atoms with van der Waals surface area (Å²) in [5.74, 6) is 0. The first kappa shape index (κ1) is 14.4. The molecule has 2 rings (SSSR count). The molecular formula is C11H15N5O3S. The molecule has 20 heavy (non-hydrogen) atoms.